The molecule has 0 spiro atoms. The Morgan fingerprint density at radius 1 is 1.07 bits per heavy atom. The highest BCUT2D eigenvalue weighted by atomic mass is 16.5. The highest BCUT2D eigenvalue weighted by molar-refractivity contribution is 5.87. The fraction of sp³-hybridized carbons (Fsp3) is 0.375. The van der Waals surface area contributed by atoms with Crippen molar-refractivity contribution in [1.29, 1.82) is 0 Å². The number of esters is 1. The maximum atomic E-state index is 11.3. The normalized spacial score (nSPS) is 17.5. The van der Waals surface area contributed by atoms with Gasteiger partial charge >= 0.3 is 5.97 Å². The largest absolute Gasteiger partial charge is 0.507 e. The number of aromatic hydroxyl groups is 1. The smallest absolute Gasteiger partial charge is 0.330 e. The van der Waals surface area contributed by atoms with E-state index < -0.39 is 0 Å². The molecule has 1 N–H and O–H groups in total. The van der Waals surface area contributed by atoms with Crippen LogP contribution in [0.5, 0.6) is 5.75 Å². The van der Waals surface area contributed by atoms with Crippen LogP contribution in [0.2, 0.25) is 0 Å². The van der Waals surface area contributed by atoms with Gasteiger partial charge in [-0.05, 0) is 52.5 Å². The number of carbonyl (C=O) groups is 1. The van der Waals surface area contributed by atoms with Gasteiger partial charge in [-0.15, -0.1) is 0 Å². The van der Waals surface area contributed by atoms with Gasteiger partial charge in [0.1, 0.15) is 5.75 Å². The highest BCUT2D eigenvalue weighted by Gasteiger charge is 2.39. The summed E-state index contributed by atoms with van der Waals surface area (Å²) in [7, 11) is 1.36. The first-order valence-corrected chi connectivity index (χ1v) is 9.39. The van der Waals surface area contributed by atoms with Gasteiger partial charge in [-0.25, -0.2) is 4.79 Å². The van der Waals surface area contributed by atoms with E-state index in [9.17, 15) is 9.90 Å². The zero-order valence-corrected chi connectivity index (χ0v) is 16.8. The Bertz CT molecular complexity index is 904. The summed E-state index contributed by atoms with van der Waals surface area (Å²) < 4.78 is 4.64. The average Bonchev–Trinajstić information content (AvgIpc) is 2.63. The number of hydrogen-bond acceptors (Lipinski definition) is 3. The molecule has 2 aromatic rings. The van der Waals surface area contributed by atoms with Crippen LogP contribution in [0, 0.1) is 0 Å². The van der Waals surface area contributed by atoms with Crippen LogP contribution in [0.1, 0.15) is 57.2 Å². The molecular weight excluding hydrogens is 336 g/mol. The van der Waals surface area contributed by atoms with E-state index in [0.29, 0.717) is 5.75 Å². The van der Waals surface area contributed by atoms with Gasteiger partial charge in [0.05, 0.1) is 7.11 Å². The second-order valence-electron chi connectivity index (χ2n) is 8.63. The molecule has 0 aliphatic heterocycles. The Kier molecular flexibility index (Phi) is 4.90. The van der Waals surface area contributed by atoms with Crippen molar-refractivity contribution in [3.8, 4) is 16.9 Å². The molecule has 3 rings (SSSR count). The predicted molar refractivity (Wildman–Crippen MR) is 110 cm³/mol. The van der Waals surface area contributed by atoms with Crippen LogP contribution in [0.25, 0.3) is 17.2 Å². The lowest BCUT2D eigenvalue weighted by atomic mass is 9.62. The Balaban J connectivity index is 2.10. The molecule has 142 valence electrons. The lowest BCUT2D eigenvalue weighted by Crippen LogP contribution is -2.33. The van der Waals surface area contributed by atoms with E-state index >= 15 is 0 Å². The fourth-order valence-electron chi connectivity index (χ4n) is 4.00. The van der Waals surface area contributed by atoms with E-state index in [2.05, 4.69) is 38.5 Å². The number of benzene rings is 2. The summed E-state index contributed by atoms with van der Waals surface area (Å²) in [6.07, 6.45) is 5.28. The third kappa shape index (κ3) is 3.64. The van der Waals surface area contributed by atoms with E-state index in [4.69, 9.17) is 0 Å². The summed E-state index contributed by atoms with van der Waals surface area (Å²) in [6, 6.07) is 12.0. The Hall–Kier alpha value is -2.55. The van der Waals surface area contributed by atoms with Crippen molar-refractivity contribution >= 4 is 12.0 Å². The summed E-state index contributed by atoms with van der Waals surface area (Å²) in [5.41, 5.74) is 4.94. The van der Waals surface area contributed by atoms with Crippen molar-refractivity contribution in [3.05, 3.63) is 59.2 Å². The molecule has 0 fully saturated rings. The number of fused-ring (bicyclic) bond motifs is 1. The van der Waals surface area contributed by atoms with Crippen LogP contribution in [0.15, 0.2) is 42.5 Å². The van der Waals surface area contributed by atoms with Gasteiger partial charge in [-0.2, -0.15) is 0 Å². The number of carbonyl (C=O) groups excluding carboxylic acids is 1. The highest BCUT2D eigenvalue weighted by Crippen LogP contribution is 2.51. The second-order valence-corrected chi connectivity index (χ2v) is 8.63. The maximum Gasteiger partial charge on any atom is 0.330 e. The fourth-order valence-corrected chi connectivity index (χ4v) is 4.00. The zero-order chi connectivity index (χ0) is 19.8. The summed E-state index contributed by atoms with van der Waals surface area (Å²) in [5.74, 6) is -0.0135. The number of ether oxygens (including phenoxy) is 1. The molecule has 1 aliphatic carbocycles. The van der Waals surface area contributed by atoms with Gasteiger partial charge in [0.25, 0.3) is 0 Å². The van der Waals surface area contributed by atoms with Crippen molar-refractivity contribution in [2.45, 2.75) is 51.4 Å². The molecule has 0 unspecified atom stereocenters. The first kappa shape index (κ1) is 19.2. The molecule has 3 heteroatoms. The third-order valence-corrected chi connectivity index (χ3v) is 5.77. The van der Waals surface area contributed by atoms with Crippen LogP contribution >= 0.6 is 0 Å². The van der Waals surface area contributed by atoms with Gasteiger partial charge in [-0.3, -0.25) is 0 Å². The maximum absolute atomic E-state index is 11.3. The first-order valence-electron chi connectivity index (χ1n) is 9.39. The molecule has 0 bridgehead atoms. The van der Waals surface area contributed by atoms with Gasteiger partial charge in [-0.1, -0.05) is 58.0 Å². The Morgan fingerprint density at radius 2 is 1.78 bits per heavy atom. The van der Waals surface area contributed by atoms with Crippen molar-refractivity contribution in [2.24, 2.45) is 0 Å². The zero-order valence-electron chi connectivity index (χ0n) is 16.8. The quantitative estimate of drug-likeness (QED) is 0.570. The van der Waals surface area contributed by atoms with Crippen molar-refractivity contribution in [2.75, 3.05) is 7.11 Å². The molecule has 2 aromatic carbocycles. The van der Waals surface area contributed by atoms with Crippen molar-refractivity contribution in [3.63, 3.8) is 0 Å². The van der Waals surface area contributed by atoms with E-state index in [1.165, 1.54) is 18.7 Å². The summed E-state index contributed by atoms with van der Waals surface area (Å²) in [4.78, 5) is 11.3. The van der Waals surface area contributed by atoms with Gasteiger partial charge in [0.2, 0.25) is 0 Å². The predicted octanol–water partition coefficient (Wildman–Crippen LogP) is 5.59. The molecule has 0 radical (unpaired) electrons. The van der Waals surface area contributed by atoms with Crippen LogP contribution < -0.4 is 0 Å². The minimum Gasteiger partial charge on any atom is -0.507 e. The molecule has 0 aromatic heterocycles. The number of methoxy groups -OCH3 is 1. The van der Waals surface area contributed by atoms with Gasteiger partial charge < -0.3 is 9.84 Å². The minimum atomic E-state index is -0.388. The standard InChI is InChI=1S/C24H28O3/c1-23(2)13-14-24(3,4)21-19(23)11-10-18(22(21)26)17-8-6-7-16(15-17)9-12-20(25)27-5/h6-12,15,26H,13-14H2,1-5H3. The topological polar surface area (TPSA) is 46.5 Å². The summed E-state index contributed by atoms with van der Waals surface area (Å²) in [6.45, 7) is 8.91. The molecule has 0 heterocycles. The first-order chi connectivity index (χ1) is 12.7. The van der Waals surface area contributed by atoms with E-state index in [1.54, 1.807) is 6.08 Å². The molecule has 3 nitrogen and oxygen atoms in total. The van der Waals surface area contributed by atoms with Crippen LogP contribution in [-0.4, -0.2) is 18.2 Å². The number of phenols is 1. The second kappa shape index (κ2) is 6.88. The van der Waals surface area contributed by atoms with Crippen molar-refractivity contribution in [1.82, 2.24) is 0 Å². The van der Waals surface area contributed by atoms with Crippen LogP contribution in [-0.2, 0) is 20.4 Å². The molecule has 0 saturated heterocycles. The minimum absolute atomic E-state index is 0.0615. The van der Waals surface area contributed by atoms with Gasteiger partial charge in [0, 0.05) is 17.2 Å². The molecule has 27 heavy (non-hydrogen) atoms. The molecule has 1 aliphatic rings. The number of hydrogen-bond donors (Lipinski definition) is 1. The lowest BCUT2D eigenvalue weighted by Gasteiger charge is -2.42. The van der Waals surface area contributed by atoms with E-state index in [0.717, 1.165) is 35.1 Å². The molecular formula is C24H28O3. The molecule has 0 amide bonds. The van der Waals surface area contributed by atoms with Crippen LogP contribution in [0.4, 0.5) is 0 Å². The average molecular weight is 364 g/mol. The lowest BCUT2D eigenvalue weighted by molar-refractivity contribution is -0.134. The number of rotatable bonds is 3. The molecule has 0 atom stereocenters. The van der Waals surface area contributed by atoms with Gasteiger partial charge in [0.15, 0.2) is 0 Å². The van der Waals surface area contributed by atoms with E-state index in [1.807, 2.05) is 30.3 Å². The SMILES string of the molecule is COC(=O)C=Cc1cccc(-c2ccc3c(c2O)C(C)(C)CCC3(C)C)c1. The molecule has 0 saturated carbocycles. The summed E-state index contributed by atoms with van der Waals surface area (Å²) >= 11 is 0. The monoisotopic (exact) mass is 364 g/mol. The van der Waals surface area contributed by atoms with E-state index in [-0.39, 0.29) is 16.8 Å². The third-order valence-electron chi connectivity index (χ3n) is 5.77. The Morgan fingerprint density at radius 3 is 2.48 bits per heavy atom. The summed E-state index contributed by atoms with van der Waals surface area (Å²) in [5, 5.41) is 11.2. The Labute approximate surface area is 161 Å². The number of phenolic OH excluding ortho intramolecular Hbond substituents is 1. The van der Waals surface area contributed by atoms with Crippen LogP contribution in [0.3, 0.4) is 0 Å². The van der Waals surface area contributed by atoms with Crippen molar-refractivity contribution < 1.29 is 14.6 Å².